The molecular weight excluding hydrogens is 522 g/mol. The van der Waals surface area contributed by atoms with Crippen LogP contribution in [-0.2, 0) is 9.53 Å². The van der Waals surface area contributed by atoms with E-state index in [0.717, 1.165) is 36.4 Å². The van der Waals surface area contributed by atoms with E-state index < -0.39 is 70.2 Å². The van der Waals surface area contributed by atoms with Crippen molar-refractivity contribution in [1.29, 1.82) is 0 Å². The van der Waals surface area contributed by atoms with Gasteiger partial charge < -0.3 is 20.9 Å². The number of hydrogen-bond acceptors (Lipinski definition) is 7. The van der Waals surface area contributed by atoms with Crippen molar-refractivity contribution in [1.82, 2.24) is 4.57 Å². The van der Waals surface area contributed by atoms with Crippen LogP contribution >= 0.6 is 0 Å². The molecule has 208 valence electrons. The molecule has 2 aromatic rings. The van der Waals surface area contributed by atoms with Gasteiger partial charge in [-0.3, -0.25) is 19.0 Å². The zero-order valence-electron chi connectivity index (χ0n) is 21.4. The van der Waals surface area contributed by atoms with E-state index in [9.17, 15) is 23.2 Å². The minimum Gasteiger partial charge on any atom is -0.493 e. The minimum absolute atomic E-state index is 0.0127. The summed E-state index contributed by atoms with van der Waals surface area (Å²) in [5, 5.41) is 0. The molecule has 39 heavy (non-hydrogen) atoms. The number of pyridine rings is 1. The van der Waals surface area contributed by atoms with Crippen molar-refractivity contribution in [3.05, 3.63) is 87.3 Å². The first-order valence-corrected chi connectivity index (χ1v) is 11.8. The predicted molar refractivity (Wildman–Crippen MR) is 136 cm³/mol. The largest absolute Gasteiger partial charge is 0.493 e. The number of benzene rings is 1. The van der Waals surface area contributed by atoms with E-state index in [-0.39, 0.29) is 29.9 Å². The molecular formula is C27H27F4N3O5. The molecule has 1 heterocycles. The van der Waals surface area contributed by atoms with Gasteiger partial charge in [-0.2, -0.15) is 0 Å². The summed E-state index contributed by atoms with van der Waals surface area (Å²) in [5.74, 6) is -6.72. The Morgan fingerprint density at radius 1 is 1.08 bits per heavy atom. The maximum atomic E-state index is 15.1. The zero-order valence-corrected chi connectivity index (χ0v) is 21.4. The molecule has 8 nitrogen and oxygen atoms in total. The molecule has 4 N–H and O–H groups in total. The van der Waals surface area contributed by atoms with E-state index >= 15 is 8.78 Å². The number of ether oxygens (including phenoxy) is 2. The van der Waals surface area contributed by atoms with Crippen LogP contribution in [0.1, 0.15) is 44.0 Å². The fraction of sp³-hybridized carbons (Fsp3) is 0.296. The van der Waals surface area contributed by atoms with Crippen molar-refractivity contribution in [2.24, 2.45) is 5.73 Å². The SMILES string of the molecule is CC(C)(C)OC(=O)C(N)CCOc1cc(F)c(-n2c(N)c(C(=O)C3=CC=C(F)C=C(F)C3)ccc2=O)c(F)c1. The highest BCUT2D eigenvalue weighted by atomic mass is 19.1. The number of nitrogens with two attached hydrogens (primary N) is 2. The Hall–Kier alpha value is -4.19. The zero-order chi connectivity index (χ0) is 29.1. The quantitative estimate of drug-likeness (QED) is 0.285. The molecule has 1 aliphatic rings. The predicted octanol–water partition coefficient (Wildman–Crippen LogP) is 4.36. The smallest absolute Gasteiger partial charge is 0.323 e. The van der Waals surface area contributed by atoms with Gasteiger partial charge in [0.2, 0.25) is 0 Å². The average molecular weight is 550 g/mol. The molecule has 0 bridgehead atoms. The van der Waals surface area contributed by atoms with Crippen LogP contribution in [0.4, 0.5) is 23.4 Å². The van der Waals surface area contributed by atoms with Crippen LogP contribution in [0.2, 0.25) is 0 Å². The number of hydrogen-bond donors (Lipinski definition) is 2. The van der Waals surface area contributed by atoms with Gasteiger partial charge in [-0.25, -0.2) is 17.6 Å². The summed E-state index contributed by atoms with van der Waals surface area (Å²) in [6.45, 7) is 4.85. The van der Waals surface area contributed by atoms with Crippen molar-refractivity contribution in [3.8, 4) is 11.4 Å². The third-order valence-corrected chi connectivity index (χ3v) is 5.38. The fourth-order valence-electron chi connectivity index (χ4n) is 3.61. The van der Waals surface area contributed by atoms with Crippen molar-refractivity contribution in [2.75, 3.05) is 12.3 Å². The first kappa shape index (κ1) is 29.4. The Bertz CT molecular complexity index is 1430. The number of allylic oxidation sites excluding steroid dienone is 6. The Balaban J connectivity index is 1.85. The van der Waals surface area contributed by atoms with Crippen LogP contribution in [0.25, 0.3) is 5.69 Å². The molecule has 0 saturated heterocycles. The van der Waals surface area contributed by atoms with Crippen LogP contribution in [0.3, 0.4) is 0 Å². The lowest BCUT2D eigenvalue weighted by molar-refractivity contribution is -0.156. The molecule has 0 radical (unpaired) electrons. The molecule has 0 spiro atoms. The van der Waals surface area contributed by atoms with Crippen LogP contribution in [-0.4, -0.2) is 34.6 Å². The van der Waals surface area contributed by atoms with E-state index in [4.69, 9.17) is 20.9 Å². The van der Waals surface area contributed by atoms with Gasteiger partial charge in [0.1, 0.15) is 40.6 Å². The van der Waals surface area contributed by atoms with Crippen molar-refractivity contribution in [3.63, 3.8) is 0 Å². The molecule has 0 aliphatic heterocycles. The van der Waals surface area contributed by atoms with Crippen LogP contribution < -0.4 is 21.8 Å². The Kier molecular flexibility index (Phi) is 8.80. The van der Waals surface area contributed by atoms with Gasteiger partial charge in [-0.15, -0.1) is 0 Å². The van der Waals surface area contributed by atoms with E-state index in [2.05, 4.69) is 0 Å². The number of halogens is 4. The third kappa shape index (κ3) is 7.23. The van der Waals surface area contributed by atoms with Crippen molar-refractivity contribution in [2.45, 2.75) is 45.3 Å². The normalized spacial score (nSPS) is 14.5. The number of carbonyl (C=O) groups is 2. The number of esters is 1. The van der Waals surface area contributed by atoms with Gasteiger partial charge in [0.05, 0.1) is 12.2 Å². The van der Waals surface area contributed by atoms with Crippen LogP contribution in [0.5, 0.6) is 5.75 Å². The van der Waals surface area contributed by atoms with Crippen LogP contribution in [0.15, 0.2) is 64.5 Å². The number of Topliss-reactive ketones (excluding diaryl/α,β-unsaturated/α-hetero) is 1. The first-order chi connectivity index (χ1) is 18.2. The van der Waals surface area contributed by atoms with E-state index in [1.165, 1.54) is 0 Å². The highest BCUT2D eigenvalue weighted by molar-refractivity contribution is 6.12. The van der Waals surface area contributed by atoms with Crippen molar-refractivity contribution >= 4 is 17.6 Å². The first-order valence-electron chi connectivity index (χ1n) is 11.8. The molecule has 3 rings (SSSR count). The van der Waals surface area contributed by atoms with Crippen LogP contribution in [0, 0.1) is 11.6 Å². The summed E-state index contributed by atoms with van der Waals surface area (Å²) in [6, 6.07) is 2.45. The highest BCUT2D eigenvalue weighted by Gasteiger charge is 2.25. The molecule has 0 fully saturated rings. The second kappa shape index (κ2) is 11.7. The average Bonchev–Trinajstić information content (AvgIpc) is 2.99. The number of nitrogen functional groups attached to an aromatic ring is 1. The van der Waals surface area contributed by atoms with Gasteiger partial charge in [-0.05, 0) is 32.9 Å². The molecule has 1 atom stereocenters. The Labute approximate surface area is 221 Å². The minimum atomic E-state index is -1.24. The Morgan fingerprint density at radius 2 is 1.72 bits per heavy atom. The monoisotopic (exact) mass is 549 g/mol. The molecule has 1 aromatic carbocycles. The number of carbonyl (C=O) groups excluding carboxylic acids is 2. The molecule has 0 amide bonds. The van der Waals surface area contributed by atoms with E-state index in [1.807, 2.05) is 0 Å². The lowest BCUT2D eigenvalue weighted by Crippen LogP contribution is -2.38. The maximum Gasteiger partial charge on any atom is 0.323 e. The summed E-state index contributed by atoms with van der Waals surface area (Å²) >= 11 is 0. The number of rotatable bonds is 8. The number of anilines is 1. The second-order valence-electron chi connectivity index (χ2n) is 9.66. The molecule has 0 saturated carbocycles. The van der Waals surface area contributed by atoms with Gasteiger partial charge in [0, 0.05) is 42.7 Å². The van der Waals surface area contributed by atoms with E-state index in [1.54, 1.807) is 20.8 Å². The number of aromatic nitrogens is 1. The molecule has 12 heteroatoms. The topological polar surface area (TPSA) is 127 Å². The lowest BCUT2D eigenvalue weighted by atomic mass is 10.0. The van der Waals surface area contributed by atoms with Gasteiger partial charge in [0.15, 0.2) is 17.4 Å². The molecule has 1 aromatic heterocycles. The van der Waals surface area contributed by atoms with Gasteiger partial charge in [-0.1, -0.05) is 6.08 Å². The number of ketones is 1. The molecule has 1 unspecified atom stereocenters. The van der Waals surface area contributed by atoms with Gasteiger partial charge >= 0.3 is 5.97 Å². The second-order valence-corrected chi connectivity index (χ2v) is 9.66. The van der Waals surface area contributed by atoms with E-state index in [0.29, 0.717) is 10.6 Å². The maximum absolute atomic E-state index is 15.1. The lowest BCUT2D eigenvalue weighted by Gasteiger charge is -2.22. The summed E-state index contributed by atoms with van der Waals surface area (Å²) in [6.07, 6.45) is 1.98. The number of nitrogens with zero attached hydrogens (tertiary/aromatic N) is 1. The van der Waals surface area contributed by atoms with Gasteiger partial charge in [0.25, 0.3) is 5.56 Å². The summed E-state index contributed by atoms with van der Waals surface area (Å²) < 4.78 is 68.4. The van der Waals surface area contributed by atoms with Crippen molar-refractivity contribution < 1.29 is 36.6 Å². The summed E-state index contributed by atoms with van der Waals surface area (Å²) in [4.78, 5) is 37.5. The fourth-order valence-corrected chi connectivity index (χ4v) is 3.61. The highest BCUT2D eigenvalue weighted by Crippen LogP contribution is 2.28. The molecule has 1 aliphatic carbocycles. The summed E-state index contributed by atoms with van der Waals surface area (Å²) in [7, 11) is 0. The summed E-state index contributed by atoms with van der Waals surface area (Å²) in [5.41, 5.74) is 8.63. The standard InChI is InChI=1S/C27H27F4N3O5/c1-27(2,3)39-26(37)21(32)8-9-38-17-12-19(30)23(20(31)13-17)34-22(35)7-6-18(25(34)33)24(36)14-4-5-15(28)11-16(29)10-14/h4-7,11-13,21H,8-10,32-33H2,1-3H3. The third-order valence-electron chi connectivity index (χ3n) is 5.38. The Morgan fingerprint density at radius 3 is 2.33 bits per heavy atom.